The van der Waals surface area contributed by atoms with E-state index in [1.54, 1.807) is 0 Å². The third kappa shape index (κ3) is 3.44. The lowest BCUT2D eigenvalue weighted by molar-refractivity contribution is 0.315. The fourth-order valence-corrected chi connectivity index (χ4v) is 2.37. The molecule has 1 aromatic heterocycles. The Kier molecular flexibility index (Phi) is 4.37. The van der Waals surface area contributed by atoms with Gasteiger partial charge in [0.25, 0.3) is 0 Å². The molecule has 0 fully saturated rings. The zero-order chi connectivity index (χ0) is 13.8. The molecule has 0 unspecified atom stereocenters. The van der Waals surface area contributed by atoms with Crippen molar-refractivity contribution < 1.29 is 4.74 Å². The van der Waals surface area contributed by atoms with E-state index in [9.17, 15) is 0 Å². The van der Waals surface area contributed by atoms with Gasteiger partial charge in [-0.05, 0) is 50.7 Å². The Morgan fingerprint density at radius 1 is 1.42 bits per heavy atom. The molecular formula is C14H19N3OS. The molecule has 0 saturated heterocycles. The van der Waals surface area contributed by atoms with E-state index >= 15 is 0 Å². The van der Waals surface area contributed by atoms with Crippen LogP contribution < -0.4 is 4.74 Å². The molecule has 19 heavy (non-hydrogen) atoms. The van der Waals surface area contributed by atoms with E-state index < -0.39 is 0 Å². The van der Waals surface area contributed by atoms with Gasteiger partial charge in [-0.2, -0.15) is 5.10 Å². The summed E-state index contributed by atoms with van der Waals surface area (Å²) in [6, 6.07) is 8.35. The van der Waals surface area contributed by atoms with Crippen LogP contribution in [0.5, 0.6) is 5.75 Å². The molecule has 0 aliphatic heterocycles. The number of nitrogens with one attached hydrogen (secondary N) is 1. The summed E-state index contributed by atoms with van der Waals surface area (Å²) < 4.78 is 8.42. The zero-order valence-electron chi connectivity index (χ0n) is 11.5. The molecule has 1 heterocycles. The molecule has 102 valence electrons. The first kappa shape index (κ1) is 13.8. The van der Waals surface area contributed by atoms with Gasteiger partial charge in [0.1, 0.15) is 11.6 Å². The third-order valence-electron chi connectivity index (χ3n) is 2.88. The Morgan fingerprint density at radius 3 is 2.89 bits per heavy atom. The van der Waals surface area contributed by atoms with E-state index in [-0.39, 0.29) is 0 Å². The third-order valence-corrected chi connectivity index (χ3v) is 3.17. The number of aromatic nitrogens is 3. The second kappa shape index (κ2) is 6.02. The van der Waals surface area contributed by atoms with Gasteiger partial charge in [-0.3, -0.25) is 5.10 Å². The van der Waals surface area contributed by atoms with E-state index in [1.165, 1.54) is 5.56 Å². The SMILES string of the molecule is Cc1cccc(OCCc2n[nH]c(=S)n2C(C)C)c1. The zero-order valence-corrected chi connectivity index (χ0v) is 12.3. The van der Waals surface area contributed by atoms with E-state index in [1.807, 2.05) is 22.8 Å². The lowest BCUT2D eigenvalue weighted by Crippen LogP contribution is -2.10. The molecule has 2 aromatic rings. The molecule has 0 atom stereocenters. The highest BCUT2D eigenvalue weighted by atomic mass is 32.1. The summed E-state index contributed by atoms with van der Waals surface area (Å²) >= 11 is 5.21. The first-order valence-corrected chi connectivity index (χ1v) is 6.84. The lowest BCUT2D eigenvalue weighted by Gasteiger charge is -2.11. The summed E-state index contributed by atoms with van der Waals surface area (Å²) in [5.41, 5.74) is 1.20. The van der Waals surface area contributed by atoms with Crippen molar-refractivity contribution in [3.63, 3.8) is 0 Å². The summed E-state index contributed by atoms with van der Waals surface area (Å²) in [7, 11) is 0. The number of hydrogen-bond acceptors (Lipinski definition) is 3. The number of aryl methyl sites for hydroxylation is 1. The minimum Gasteiger partial charge on any atom is -0.493 e. The van der Waals surface area contributed by atoms with Gasteiger partial charge in [-0.15, -0.1) is 0 Å². The summed E-state index contributed by atoms with van der Waals surface area (Å²) in [6.45, 7) is 6.83. The second-order valence-corrected chi connectivity index (χ2v) is 5.21. The van der Waals surface area contributed by atoms with Crippen LogP contribution >= 0.6 is 12.2 Å². The quantitative estimate of drug-likeness (QED) is 0.851. The van der Waals surface area contributed by atoms with Crippen molar-refractivity contribution in [1.82, 2.24) is 14.8 Å². The second-order valence-electron chi connectivity index (χ2n) is 4.82. The van der Waals surface area contributed by atoms with Gasteiger partial charge in [0.2, 0.25) is 0 Å². The molecule has 0 radical (unpaired) electrons. The van der Waals surface area contributed by atoms with E-state index in [2.05, 4.69) is 37.0 Å². The average Bonchev–Trinajstić information content (AvgIpc) is 2.71. The van der Waals surface area contributed by atoms with Crippen LogP contribution in [0.15, 0.2) is 24.3 Å². The van der Waals surface area contributed by atoms with E-state index in [4.69, 9.17) is 17.0 Å². The molecular weight excluding hydrogens is 258 g/mol. The van der Waals surface area contributed by atoms with Crippen LogP contribution in [0, 0.1) is 11.7 Å². The van der Waals surface area contributed by atoms with Crippen LogP contribution in [0.25, 0.3) is 0 Å². The van der Waals surface area contributed by atoms with E-state index in [0.717, 1.165) is 18.0 Å². The van der Waals surface area contributed by atoms with Crippen LogP contribution in [0.2, 0.25) is 0 Å². The van der Waals surface area contributed by atoms with Crippen molar-refractivity contribution in [2.24, 2.45) is 0 Å². The van der Waals surface area contributed by atoms with Crippen LogP contribution in [0.3, 0.4) is 0 Å². The predicted octanol–water partition coefficient (Wildman–Crippen LogP) is 3.45. The monoisotopic (exact) mass is 277 g/mol. The molecule has 0 saturated carbocycles. The van der Waals surface area contributed by atoms with Crippen LogP contribution in [0.4, 0.5) is 0 Å². The molecule has 4 nitrogen and oxygen atoms in total. The number of benzene rings is 1. The van der Waals surface area contributed by atoms with Crippen LogP contribution in [0.1, 0.15) is 31.3 Å². The molecule has 2 rings (SSSR count). The summed E-state index contributed by atoms with van der Waals surface area (Å²) in [6.07, 6.45) is 0.735. The van der Waals surface area contributed by atoms with Crippen molar-refractivity contribution in [3.8, 4) is 5.75 Å². The fraction of sp³-hybridized carbons (Fsp3) is 0.429. The van der Waals surface area contributed by atoms with Crippen molar-refractivity contribution >= 4 is 12.2 Å². The Bertz CT molecular complexity index is 601. The minimum atomic E-state index is 0.306. The topological polar surface area (TPSA) is 42.8 Å². The standard InChI is InChI=1S/C14H19N3OS/c1-10(2)17-13(15-16-14(17)19)7-8-18-12-6-4-5-11(3)9-12/h4-6,9-10H,7-8H2,1-3H3,(H,16,19). The summed E-state index contributed by atoms with van der Waals surface area (Å²) in [5, 5.41) is 7.09. The number of H-pyrrole nitrogens is 1. The number of nitrogens with zero attached hydrogens (tertiary/aromatic N) is 2. The van der Waals surface area contributed by atoms with Crippen molar-refractivity contribution in [1.29, 1.82) is 0 Å². The molecule has 1 aromatic carbocycles. The number of ether oxygens (including phenoxy) is 1. The first-order chi connectivity index (χ1) is 9.08. The maximum absolute atomic E-state index is 5.73. The highest BCUT2D eigenvalue weighted by molar-refractivity contribution is 7.71. The fourth-order valence-electron chi connectivity index (χ4n) is 2.01. The van der Waals surface area contributed by atoms with Gasteiger partial charge >= 0.3 is 0 Å². The number of rotatable bonds is 5. The first-order valence-electron chi connectivity index (χ1n) is 6.43. The van der Waals surface area contributed by atoms with Crippen LogP contribution in [-0.2, 0) is 6.42 Å². The van der Waals surface area contributed by atoms with Gasteiger partial charge in [0.05, 0.1) is 6.61 Å². The Labute approximate surface area is 118 Å². The van der Waals surface area contributed by atoms with Gasteiger partial charge in [0.15, 0.2) is 4.77 Å². The smallest absolute Gasteiger partial charge is 0.195 e. The van der Waals surface area contributed by atoms with E-state index in [0.29, 0.717) is 17.4 Å². The van der Waals surface area contributed by atoms with Crippen molar-refractivity contribution in [3.05, 3.63) is 40.4 Å². The van der Waals surface area contributed by atoms with Crippen LogP contribution in [-0.4, -0.2) is 21.4 Å². The molecule has 5 heteroatoms. The lowest BCUT2D eigenvalue weighted by atomic mass is 10.2. The van der Waals surface area contributed by atoms with Gasteiger partial charge < -0.3 is 9.30 Å². The van der Waals surface area contributed by atoms with Gasteiger partial charge in [-0.1, -0.05) is 12.1 Å². The average molecular weight is 277 g/mol. The van der Waals surface area contributed by atoms with Gasteiger partial charge in [0, 0.05) is 12.5 Å². The Hall–Kier alpha value is -1.62. The summed E-state index contributed by atoms with van der Waals surface area (Å²) in [5.74, 6) is 1.83. The predicted molar refractivity (Wildman–Crippen MR) is 78.2 cm³/mol. The molecule has 0 bridgehead atoms. The van der Waals surface area contributed by atoms with Crippen molar-refractivity contribution in [2.75, 3.05) is 6.61 Å². The normalized spacial score (nSPS) is 10.9. The van der Waals surface area contributed by atoms with Crippen molar-refractivity contribution in [2.45, 2.75) is 33.2 Å². The number of hydrogen-bond donors (Lipinski definition) is 1. The number of aromatic amines is 1. The minimum absolute atomic E-state index is 0.306. The maximum Gasteiger partial charge on any atom is 0.195 e. The molecule has 0 aliphatic rings. The summed E-state index contributed by atoms with van der Waals surface area (Å²) in [4.78, 5) is 0. The highest BCUT2D eigenvalue weighted by Gasteiger charge is 2.09. The molecule has 1 N–H and O–H groups in total. The van der Waals surface area contributed by atoms with Gasteiger partial charge in [-0.25, -0.2) is 0 Å². The Balaban J connectivity index is 1.98. The Morgan fingerprint density at radius 2 is 2.21 bits per heavy atom. The molecule has 0 spiro atoms. The molecule has 0 amide bonds. The molecule has 0 aliphatic carbocycles. The highest BCUT2D eigenvalue weighted by Crippen LogP contribution is 2.13. The maximum atomic E-state index is 5.73. The largest absolute Gasteiger partial charge is 0.493 e.